The van der Waals surface area contributed by atoms with Gasteiger partial charge in [0.1, 0.15) is 5.82 Å². The highest BCUT2D eigenvalue weighted by molar-refractivity contribution is 9.10. The number of halogens is 2. The number of piperidine rings is 1. The molecule has 9 heteroatoms. The van der Waals surface area contributed by atoms with E-state index in [-0.39, 0.29) is 29.4 Å². The van der Waals surface area contributed by atoms with Crippen molar-refractivity contribution in [1.29, 1.82) is 0 Å². The first-order valence-corrected chi connectivity index (χ1v) is 11.7. The molecule has 7 nitrogen and oxygen atoms in total. The van der Waals surface area contributed by atoms with E-state index in [1.165, 1.54) is 12.1 Å². The molecule has 2 aromatic rings. The Morgan fingerprint density at radius 3 is 3.00 bits per heavy atom. The van der Waals surface area contributed by atoms with E-state index >= 15 is 0 Å². The molecule has 31 heavy (non-hydrogen) atoms. The minimum Gasteiger partial charge on any atom is -0.365 e. The number of H-pyrrole nitrogens is 1. The topological polar surface area (TPSA) is 84.5 Å². The van der Waals surface area contributed by atoms with Crippen LogP contribution in [-0.4, -0.2) is 51.5 Å². The number of aliphatic hydroxyl groups is 1. The van der Waals surface area contributed by atoms with Crippen LogP contribution in [0.25, 0.3) is 0 Å². The fourth-order valence-electron chi connectivity index (χ4n) is 5.02. The van der Waals surface area contributed by atoms with Crippen molar-refractivity contribution in [2.75, 3.05) is 18.0 Å². The number of aromatic amines is 1. The van der Waals surface area contributed by atoms with Crippen molar-refractivity contribution in [3.05, 3.63) is 56.7 Å². The predicted octanol–water partition coefficient (Wildman–Crippen LogP) is 2.56. The van der Waals surface area contributed by atoms with E-state index < -0.39 is 6.35 Å². The number of benzene rings is 1. The minimum absolute atomic E-state index is 0.0980. The van der Waals surface area contributed by atoms with Gasteiger partial charge < -0.3 is 10.0 Å². The van der Waals surface area contributed by atoms with Gasteiger partial charge in [-0.05, 0) is 44.2 Å². The quantitative estimate of drug-likeness (QED) is 0.516. The molecule has 2 saturated carbocycles. The molecular weight excluding hydrogens is 465 g/mol. The summed E-state index contributed by atoms with van der Waals surface area (Å²) in [5, 5.41) is 14.1. The van der Waals surface area contributed by atoms with Crippen molar-refractivity contribution in [3.8, 4) is 0 Å². The normalized spacial score (nSPS) is 26.5. The summed E-state index contributed by atoms with van der Waals surface area (Å²) in [6.45, 7) is 1.96. The van der Waals surface area contributed by atoms with Crippen LogP contribution in [-0.2, 0) is 6.54 Å². The first kappa shape index (κ1) is 21.1. The Morgan fingerprint density at radius 1 is 1.42 bits per heavy atom. The van der Waals surface area contributed by atoms with E-state index in [1.54, 1.807) is 18.3 Å². The molecule has 3 unspecified atom stereocenters. The van der Waals surface area contributed by atoms with E-state index in [0.717, 1.165) is 45.2 Å². The van der Waals surface area contributed by atoms with Gasteiger partial charge in [-0.1, -0.05) is 22.0 Å². The number of rotatable bonds is 7. The maximum Gasteiger partial charge on any atom is 0.252 e. The SMILES string of the molecule is O=c1ccnc(N2CCCC3(CC3N(C3CC3)C(O)NCc3ccc(Br)cc3F)C2)[nH]1. The van der Waals surface area contributed by atoms with Gasteiger partial charge >= 0.3 is 0 Å². The van der Waals surface area contributed by atoms with E-state index in [1.807, 2.05) is 0 Å². The number of anilines is 1. The summed E-state index contributed by atoms with van der Waals surface area (Å²) >= 11 is 3.27. The van der Waals surface area contributed by atoms with E-state index in [9.17, 15) is 14.3 Å². The zero-order valence-corrected chi connectivity index (χ0v) is 18.8. The summed E-state index contributed by atoms with van der Waals surface area (Å²) in [7, 11) is 0. The lowest BCUT2D eigenvalue weighted by Crippen LogP contribution is -2.51. The number of nitrogens with zero attached hydrogens (tertiary/aromatic N) is 3. The van der Waals surface area contributed by atoms with Crippen LogP contribution >= 0.6 is 15.9 Å². The Balaban J connectivity index is 1.26. The molecule has 0 bridgehead atoms. The highest BCUT2D eigenvalue weighted by Crippen LogP contribution is 2.57. The molecule has 1 saturated heterocycles. The maximum atomic E-state index is 14.2. The molecule has 2 aliphatic carbocycles. The largest absolute Gasteiger partial charge is 0.365 e. The average Bonchev–Trinajstić information content (AvgIpc) is 3.67. The summed E-state index contributed by atoms with van der Waals surface area (Å²) < 4.78 is 14.9. The van der Waals surface area contributed by atoms with Crippen molar-refractivity contribution in [3.63, 3.8) is 0 Å². The van der Waals surface area contributed by atoms with Gasteiger partial charge in [-0.2, -0.15) is 0 Å². The number of hydrogen-bond acceptors (Lipinski definition) is 6. The highest BCUT2D eigenvalue weighted by Gasteiger charge is 2.61. The van der Waals surface area contributed by atoms with E-state index in [2.05, 4.69) is 41.0 Å². The lowest BCUT2D eigenvalue weighted by Gasteiger charge is -2.37. The number of aliphatic hydroxyl groups excluding tert-OH is 1. The maximum absolute atomic E-state index is 14.2. The van der Waals surface area contributed by atoms with Crippen LogP contribution in [0.2, 0.25) is 0 Å². The van der Waals surface area contributed by atoms with Gasteiger partial charge in [0.25, 0.3) is 5.56 Å². The molecule has 0 amide bonds. The molecular formula is C22H27BrFN5O2. The third-order valence-electron chi connectivity index (χ3n) is 6.81. The second kappa shape index (κ2) is 8.27. The Hall–Kier alpha value is -1.81. The smallest absolute Gasteiger partial charge is 0.252 e. The van der Waals surface area contributed by atoms with Crippen molar-refractivity contribution >= 4 is 21.9 Å². The first-order chi connectivity index (χ1) is 14.9. The second-order valence-corrected chi connectivity index (χ2v) is 9.95. The Kier molecular flexibility index (Phi) is 5.62. The summed E-state index contributed by atoms with van der Waals surface area (Å²) in [6, 6.07) is 7.04. The van der Waals surface area contributed by atoms with Gasteiger partial charge in [-0.15, -0.1) is 0 Å². The Morgan fingerprint density at radius 2 is 2.26 bits per heavy atom. The van der Waals surface area contributed by atoms with Gasteiger partial charge in [-0.25, -0.2) is 9.37 Å². The minimum atomic E-state index is -0.815. The molecule has 2 heterocycles. The van der Waals surface area contributed by atoms with Crippen LogP contribution in [0.4, 0.5) is 10.3 Å². The lowest BCUT2D eigenvalue weighted by atomic mass is 9.94. The van der Waals surface area contributed by atoms with Crippen molar-refractivity contribution in [2.45, 2.75) is 57.1 Å². The molecule has 3 atom stereocenters. The van der Waals surface area contributed by atoms with Gasteiger partial charge in [0.15, 0.2) is 6.35 Å². The van der Waals surface area contributed by atoms with Crippen LogP contribution < -0.4 is 15.8 Å². The fourth-order valence-corrected chi connectivity index (χ4v) is 5.35. The highest BCUT2D eigenvalue weighted by atomic mass is 79.9. The number of hydrogen-bond donors (Lipinski definition) is 3. The molecule has 1 aromatic heterocycles. The Bertz CT molecular complexity index is 1020. The molecule has 3 aliphatic rings. The third kappa shape index (κ3) is 4.41. The van der Waals surface area contributed by atoms with Crippen LogP contribution in [0.3, 0.4) is 0 Å². The van der Waals surface area contributed by atoms with Crippen molar-refractivity contribution in [2.24, 2.45) is 5.41 Å². The second-order valence-electron chi connectivity index (χ2n) is 9.03. The molecule has 3 fully saturated rings. The molecule has 166 valence electrons. The molecule has 1 spiro atoms. The molecule has 1 aromatic carbocycles. The number of aromatic nitrogens is 2. The average molecular weight is 492 g/mol. The van der Waals surface area contributed by atoms with Gasteiger partial charge in [0.2, 0.25) is 5.95 Å². The fraction of sp³-hybridized carbons (Fsp3) is 0.545. The van der Waals surface area contributed by atoms with Crippen LogP contribution in [0.5, 0.6) is 0 Å². The lowest BCUT2D eigenvalue weighted by molar-refractivity contribution is -0.0434. The van der Waals surface area contributed by atoms with Crippen LogP contribution in [0, 0.1) is 11.2 Å². The zero-order chi connectivity index (χ0) is 21.6. The molecule has 0 radical (unpaired) electrons. The monoisotopic (exact) mass is 491 g/mol. The van der Waals surface area contributed by atoms with E-state index in [4.69, 9.17) is 0 Å². The van der Waals surface area contributed by atoms with E-state index in [0.29, 0.717) is 22.0 Å². The third-order valence-corrected chi connectivity index (χ3v) is 7.31. The summed E-state index contributed by atoms with van der Waals surface area (Å²) in [6.07, 6.45) is 6.03. The van der Waals surface area contributed by atoms with Crippen LogP contribution in [0.1, 0.15) is 37.7 Å². The van der Waals surface area contributed by atoms with Crippen molar-refractivity contribution < 1.29 is 9.50 Å². The summed E-state index contributed by atoms with van der Waals surface area (Å²) in [4.78, 5) is 23.2. The van der Waals surface area contributed by atoms with Crippen molar-refractivity contribution in [1.82, 2.24) is 20.2 Å². The van der Waals surface area contributed by atoms with Gasteiger partial charge in [-0.3, -0.25) is 20.0 Å². The predicted molar refractivity (Wildman–Crippen MR) is 119 cm³/mol. The van der Waals surface area contributed by atoms with Gasteiger partial charge in [0.05, 0.1) is 0 Å². The Labute approximate surface area is 188 Å². The number of nitrogens with one attached hydrogen (secondary N) is 2. The molecule has 5 rings (SSSR count). The van der Waals surface area contributed by atoms with Crippen LogP contribution in [0.15, 0.2) is 39.7 Å². The summed E-state index contributed by atoms with van der Waals surface area (Å²) in [5.74, 6) is 0.335. The summed E-state index contributed by atoms with van der Waals surface area (Å²) in [5.41, 5.74) is 0.489. The zero-order valence-electron chi connectivity index (χ0n) is 17.2. The molecule has 1 aliphatic heterocycles. The standard InChI is InChI=1S/C22H27BrFN5O2/c23-15-3-2-14(17(24)10-15)12-26-21(31)29(16-4-5-16)18-11-22(18)7-1-9-28(13-22)20-25-8-6-19(30)27-20/h2-3,6,8,10,16,18,21,26,31H,1,4-5,7,9,11-13H2,(H,25,27,30). The molecule has 3 N–H and O–H groups in total. The first-order valence-electron chi connectivity index (χ1n) is 10.9. The van der Waals surface area contributed by atoms with Gasteiger partial charge in [0, 0.05) is 59.4 Å².